The van der Waals surface area contributed by atoms with Crippen LogP contribution >= 0.6 is 11.6 Å². The Morgan fingerprint density at radius 2 is 2.03 bits per heavy atom. The maximum atomic E-state index is 12.7. The summed E-state index contributed by atoms with van der Waals surface area (Å²) in [5.41, 5.74) is 1.29. The number of benzene rings is 2. The van der Waals surface area contributed by atoms with Crippen molar-refractivity contribution in [2.75, 3.05) is 18.1 Å². The molecule has 0 bridgehead atoms. The average molecular weight is 428 g/mol. The Bertz CT molecular complexity index is 1180. The number of esters is 1. The zero-order valence-corrected chi connectivity index (χ0v) is 16.8. The topological polar surface area (TPSA) is 106 Å². The van der Waals surface area contributed by atoms with E-state index in [1.165, 1.54) is 16.4 Å². The molecule has 154 valence electrons. The Morgan fingerprint density at radius 3 is 2.77 bits per heavy atom. The Balaban J connectivity index is 1.73. The van der Waals surface area contributed by atoms with Gasteiger partial charge in [0.15, 0.2) is 12.2 Å². The highest BCUT2D eigenvalue weighted by molar-refractivity contribution is 6.30. The second-order valence-electron chi connectivity index (χ2n) is 6.42. The molecule has 2 aromatic carbocycles. The van der Waals surface area contributed by atoms with Gasteiger partial charge in [-0.05, 0) is 37.3 Å². The monoisotopic (exact) mass is 427 g/mol. The van der Waals surface area contributed by atoms with Crippen molar-refractivity contribution in [1.29, 1.82) is 5.26 Å². The first kappa shape index (κ1) is 21.1. The van der Waals surface area contributed by atoms with Gasteiger partial charge in [0, 0.05) is 17.3 Å². The van der Waals surface area contributed by atoms with E-state index in [1.54, 1.807) is 48.5 Å². The lowest BCUT2D eigenvalue weighted by atomic mass is 10.2. The lowest BCUT2D eigenvalue weighted by Crippen LogP contribution is -2.36. The van der Waals surface area contributed by atoms with Crippen LogP contribution in [-0.4, -0.2) is 29.6 Å². The van der Waals surface area contributed by atoms with Gasteiger partial charge >= 0.3 is 11.7 Å². The highest BCUT2D eigenvalue weighted by Crippen LogP contribution is 2.21. The summed E-state index contributed by atoms with van der Waals surface area (Å²) in [7, 11) is 0. The van der Waals surface area contributed by atoms with Crippen molar-refractivity contribution < 1.29 is 18.7 Å². The number of hydrogen-bond acceptors (Lipinski definition) is 6. The van der Waals surface area contributed by atoms with Crippen molar-refractivity contribution in [3.8, 4) is 6.07 Å². The van der Waals surface area contributed by atoms with Crippen molar-refractivity contribution in [3.63, 3.8) is 0 Å². The smallest absolute Gasteiger partial charge is 0.420 e. The number of rotatable bonds is 7. The fourth-order valence-corrected chi connectivity index (χ4v) is 3.18. The molecule has 0 saturated heterocycles. The van der Waals surface area contributed by atoms with Gasteiger partial charge in [0.25, 0.3) is 5.91 Å². The molecule has 0 aliphatic heterocycles. The number of hydrogen-bond donors (Lipinski definition) is 0. The van der Waals surface area contributed by atoms with Gasteiger partial charge in [-0.2, -0.15) is 5.26 Å². The predicted molar refractivity (Wildman–Crippen MR) is 110 cm³/mol. The Morgan fingerprint density at radius 1 is 1.27 bits per heavy atom. The number of carbonyl (C=O) groups excluding carboxylic acids is 2. The van der Waals surface area contributed by atoms with Crippen LogP contribution in [0.25, 0.3) is 11.1 Å². The van der Waals surface area contributed by atoms with E-state index in [1.807, 2.05) is 6.07 Å². The molecule has 3 aromatic rings. The number of nitriles is 1. The summed E-state index contributed by atoms with van der Waals surface area (Å²) in [6, 6.07) is 14.3. The van der Waals surface area contributed by atoms with E-state index in [0.717, 1.165) is 0 Å². The minimum Gasteiger partial charge on any atom is -0.454 e. The van der Waals surface area contributed by atoms with E-state index in [2.05, 4.69) is 0 Å². The summed E-state index contributed by atoms with van der Waals surface area (Å²) in [6.07, 6.45) is 0.0962. The zero-order chi connectivity index (χ0) is 21.7. The SMILES string of the molecule is CC(C(=O)OCC(=O)N(CCC#N)c1cccc(Cl)c1)n1c(=O)oc2ccccc21. The van der Waals surface area contributed by atoms with Gasteiger partial charge in [-0.15, -0.1) is 0 Å². The molecule has 9 heteroatoms. The van der Waals surface area contributed by atoms with Crippen molar-refractivity contribution in [3.05, 3.63) is 64.1 Å². The summed E-state index contributed by atoms with van der Waals surface area (Å²) in [6.45, 7) is 1.06. The summed E-state index contributed by atoms with van der Waals surface area (Å²) in [5, 5.41) is 9.30. The summed E-state index contributed by atoms with van der Waals surface area (Å²) >= 11 is 5.99. The molecular weight excluding hydrogens is 410 g/mol. The van der Waals surface area contributed by atoms with Crippen molar-refractivity contribution >= 4 is 40.3 Å². The normalized spacial score (nSPS) is 11.6. The van der Waals surface area contributed by atoms with E-state index in [4.69, 9.17) is 26.0 Å². The van der Waals surface area contributed by atoms with E-state index in [9.17, 15) is 14.4 Å². The number of ether oxygens (including phenoxy) is 1. The molecule has 0 aliphatic carbocycles. The van der Waals surface area contributed by atoms with E-state index in [-0.39, 0.29) is 13.0 Å². The first-order valence-corrected chi connectivity index (χ1v) is 9.49. The number of para-hydroxylation sites is 2. The van der Waals surface area contributed by atoms with Crippen LogP contribution in [-0.2, 0) is 14.3 Å². The number of anilines is 1. The van der Waals surface area contributed by atoms with Crippen LogP contribution in [0.2, 0.25) is 5.02 Å². The maximum Gasteiger partial charge on any atom is 0.420 e. The molecule has 0 N–H and O–H groups in total. The molecule has 1 aromatic heterocycles. The predicted octanol–water partition coefficient (Wildman–Crippen LogP) is 3.30. The maximum absolute atomic E-state index is 12.7. The molecule has 0 radical (unpaired) electrons. The number of oxazole rings is 1. The fraction of sp³-hybridized carbons (Fsp3) is 0.238. The number of aromatic nitrogens is 1. The second-order valence-corrected chi connectivity index (χ2v) is 6.86. The van der Waals surface area contributed by atoms with Gasteiger partial charge in [0.1, 0.15) is 6.04 Å². The molecule has 0 saturated carbocycles. The average Bonchev–Trinajstić information content (AvgIpc) is 3.07. The van der Waals surface area contributed by atoms with E-state index in [0.29, 0.717) is 21.8 Å². The highest BCUT2D eigenvalue weighted by atomic mass is 35.5. The molecule has 8 nitrogen and oxygen atoms in total. The zero-order valence-electron chi connectivity index (χ0n) is 16.1. The first-order valence-electron chi connectivity index (χ1n) is 9.12. The minimum atomic E-state index is -0.993. The van der Waals surface area contributed by atoms with Gasteiger partial charge in [0.2, 0.25) is 0 Å². The van der Waals surface area contributed by atoms with Crippen LogP contribution in [0.1, 0.15) is 19.4 Å². The Labute approximate surface area is 176 Å². The van der Waals surface area contributed by atoms with Gasteiger partial charge in [-0.25, -0.2) is 9.59 Å². The number of amides is 1. The molecule has 3 rings (SSSR count). The Kier molecular flexibility index (Phi) is 6.54. The molecule has 0 spiro atoms. The third-order valence-electron chi connectivity index (χ3n) is 4.45. The van der Waals surface area contributed by atoms with Gasteiger partial charge in [0.05, 0.1) is 18.0 Å². The van der Waals surface area contributed by atoms with E-state index < -0.39 is 30.3 Å². The van der Waals surface area contributed by atoms with Crippen LogP contribution in [0.4, 0.5) is 5.69 Å². The number of nitrogens with zero attached hydrogens (tertiary/aromatic N) is 3. The summed E-state index contributed by atoms with van der Waals surface area (Å²) < 4.78 is 11.5. The van der Waals surface area contributed by atoms with Crippen molar-refractivity contribution in [2.24, 2.45) is 0 Å². The quantitative estimate of drug-likeness (QED) is 0.535. The molecular formula is C21H18ClN3O5. The van der Waals surface area contributed by atoms with Gasteiger partial charge < -0.3 is 14.1 Å². The Hall–Kier alpha value is -3.57. The molecule has 1 amide bonds. The van der Waals surface area contributed by atoms with E-state index >= 15 is 0 Å². The largest absolute Gasteiger partial charge is 0.454 e. The van der Waals surface area contributed by atoms with Gasteiger partial charge in [-0.1, -0.05) is 29.8 Å². The fourth-order valence-electron chi connectivity index (χ4n) is 2.99. The molecule has 1 unspecified atom stereocenters. The molecule has 0 aliphatic rings. The van der Waals surface area contributed by atoms with Crippen LogP contribution in [0, 0.1) is 11.3 Å². The lowest BCUT2D eigenvalue weighted by molar-refractivity contribution is -0.150. The van der Waals surface area contributed by atoms with Crippen molar-refractivity contribution in [2.45, 2.75) is 19.4 Å². The van der Waals surface area contributed by atoms with Crippen LogP contribution in [0.5, 0.6) is 0 Å². The second kappa shape index (κ2) is 9.29. The summed E-state index contributed by atoms with van der Waals surface area (Å²) in [5.74, 6) is -1.97. The number of carbonyl (C=O) groups is 2. The lowest BCUT2D eigenvalue weighted by Gasteiger charge is -2.22. The van der Waals surface area contributed by atoms with Crippen LogP contribution < -0.4 is 10.7 Å². The third kappa shape index (κ3) is 4.53. The molecule has 1 atom stereocenters. The van der Waals surface area contributed by atoms with Crippen molar-refractivity contribution in [1.82, 2.24) is 4.57 Å². The first-order chi connectivity index (χ1) is 14.4. The summed E-state index contributed by atoms with van der Waals surface area (Å²) in [4.78, 5) is 38.6. The number of fused-ring (bicyclic) bond motifs is 1. The minimum absolute atomic E-state index is 0.0962. The highest BCUT2D eigenvalue weighted by Gasteiger charge is 2.24. The third-order valence-corrected chi connectivity index (χ3v) is 4.69. The van der Waals surface area contributed by atoms with Crippen LogP contribution in [0.3, 0.4) is 0 Å². The standard InChI is InChI=1S/C21H18ClN3O5/c1-14(25-17-8-2-3-9-18(17)30-21(25)28)20(27)29-13-19(26)24(11-5-10-23)16-7-4-6-15(22)12-16/h2-4,6-9,12,14H,5,11,13H2,1H3. The molecule has 0 fully saturated rings. The van der Waals surface area contributed by atoms with Gasteiger partial charge in [-0.3, -0.25) is 9.36 Å². The molecule has 30 heavy (non-hydrogen) atoms. The van der Waals surface area contributed by atoms with Crippen LogP contribution in [0.15, 0.2) is 57.7 Å². The molecule has 1 heterocycles. The number of halogens is 1.